The van der Waals surface area contributed by atoms with Crippen LogP contribution in [0.3, 0.4) is 0 Å². The summed E-state index contributed by atoms with van der Waals surface area (Å²) in [5.74, 6) is 1.97. The number of para-hydroxylation sites is 1. The van der Waals surface area contributed by atoms with E-state index in [9.17, 15) is 0 Å². The molecule has 22 heavy (non-hydrogen) atoms. The molecule has 1 aliphatic heterocycles. The van der Waals surface area contributed by atoms with Crippen molar-refractivity contribution in [2.75, 3.05) is 26.1 Å². The normalized spacial score (nSPS) is 18.2. The molecule has 0 spiro atoms. The average Bonchev–Trinajstić information content (AvgIpc) is 2.88. The van der Waals surface area contributed by atoms with E-state index in [1.807, 2.05) is 25.2 Å². The number of nitrogens with two attached hydrogens (primary N) is 1. The molecule has 0 aliphatic carbocycles. The van der Waals surface area contributed by atoms with Crippen LogP contribution in [0.2, 0.25) is 0 Å². The number of methoxy groups -OCH3 is 1. The molecule has 6 heteroatoms. The van der Waals surface area contributed by atoms with Gasteiger partial charge in [-0.1, -0.05) is 12.1 Å². The van der Waals surface area contributed by atoms with E-state index in [-0.39, 0.29) is 6.10 Å². The number of ether oxygens (including phenoxy) is 3. The van der Waals surface area contributed by atoms with E-state index >= 15 is 0 Å². The number of aryl methyl sites for hydroxylation is 1. The Labute approximate surface area is 129 Å². The molecule has 1 unspecified atom stereocenters. The minimum Gasteiger partial charge on any atom is -0.492 e. The largest absolute Gasteiger partial charge is 0.492 e. The van der Waals surface area contributed by atoms with Crippen LogP contribution in [0.5, 0.6) is 11.5 Å². The summed E-state index contributed by atoms with van der Waals surface area (Å²) in [5, 5.41) is 4.19. The fraction of sp³-hybridized carbons (Fsp3) is 0.438. The summed E-state index contributed by atoms with van der Waals surface area (Å²) in [6.07, 6.45) is 3.80. The first kappa shape index (κ1) is 14.7. The Bertz CT molecular complexity index is 648. The predicted molar refractivity (Wildman–Crippen MR) is 84.1 cm³/mol. The van der Waals surface area contributed by atoms with Gasteiger partial charge in [0.05, 0.1) is 19.9 Å². The molecule has 1 aromatic heterocycles. The van der Waals surface area contributed by atoms with E-state index in [2.05, 4.69) is 5.10 Å². The zero-order chi connectivity index (χ0) is 15.5. The molecule has 0 saturated carbocycles. The zero-order valence-electron chi connectivity index (χ0n) is 12.9. The maximum atomic E-state index is 6.08. The van der Waals surface area contributed by atoms with E-state index < -0.39 is 0 Å². The first-order chi connectivity index (χ1) is 10.7. The van der Waals surface area contributed by atoms with Crippen molar-refractivity contribution < 1.29 is 14.2 Å². The molecule has 1 aromatic carbocycles. The molecule has 1 atom stereocenters. The van der Waals surface area contributed by atoms with Gasteiger partial charge < -0.3 is 19.9 Å². The molecular weight excluding hydrogens is 282 g/mol. The van der Waals surface area contributed by atoms with Crippen molar-refractivity contribution in [2.24, 2.45) is 7.05 Å². The van der Waals surface area contributed by atoms with Crippen molar-refractivity contribution >= 4 is 5.82 Å². The Balaban J connectivity index is 1.94. The van der Waals surface area contributed by atoms with Gasteiger partial charge in [0, 0.05) is 24.8 Å². The van der Waals surface area contributed by atoms with Crippen molar-refractivity contribution in [2.45, 2.75) is 18.9 Å². The minimum atomic E-state index is 0.0594. The standard InChI is InChI=1S/C16H21N3O3/c1-19-16(17)13(9-18-19)12-6-3-7-14(15(12)20-2)22-11-5-4-8-21-10-11/h3,6-7,9,11H,4-5,8,10,17H2,1-2H3. The van der Waals surface area contributed by atoms with Gasteiger partial charge in [0.15, 0.2) is 11.5 Å². The monoisotopic (exact) mass is 303 g/mol. The number of hydrogen-bond acceptors (Lipinski definition) is 5. The van der Waals surface area contributed by atoms with E-state index in [0.717, 1.165) is 30.6 Å². The number of aromatic nitrogens is 2. The van der Waals surface area contributed by atoms with Crippen molar-refractivity contribution in [3.05, 3.63) is 24.4 Å². The molecule has 6 nitrogen and oxygen atoms in total. The minimum absolute atomic E-state index is 0.0594. The number of nitrogens with zero attached hydrogens (tertiary/aromatic N) is 2. The van der Waals surface area contributed by atoms with Crippen LogP contribution in [-0.2, 0) is 11.8 Å². The van der Waals surface area contributed by atoms with Crippen LogP contribution >= 0.6 is 0 Å². The van der Waals surface area contributed by atoms with Gasteiger partial charge in [0.1, 0.15) is 11.9 Å². The highest BCUT2D eigenvalue weighted by Crippen LogP contribution is 2.40. The highest BCUT2D eigenvalue weighted by Gasteiger charge is 2.20. The molecule has 1 fully saturated rings. The molecule has 0 bridgehead atoms. The van der Waals surface area contributed by atoms with Gasteiger partial charge in [-0.3, -0.25) is 4.68 Å². The fourth-order valence-corrected chi connectivity index (χ4v) is 2.67. The second kappa shape index (κ2) is 6.27. The van der Waals surface area contributed by atoms with E-state index in [1.165, 1.54) is 0 Å². The number of nitrogen functional groups attached to an aromatic ring is 1. The van der Waals surface area contributed by atoms with Gasteiger partial charge in [0.25, 0.3) is 0 Å². The third-order valence-corrected chi connectivity index (χ3v) is 3.87. The Morgan fingerprint density at radius 1 is 1.36 bits per heavy atom. The summed E-state index contributed by atoms with van der Waals surface area (Å²) in [5.41, 5.74) is 7.79. The van der Waals surface area contributed by atoms with Gasteiger partial charge in [-0.2, -0.15) is 5.10 Å². The lowest BCUT2D eigenvalue weighted by atomic mass is 10.1. The van der Waals surface area contributed by atoms with Crippen LogP contribution in [0.1, 0.15) is 12.8 Å². The number of anilines is 1. The van der Waals surface area contributed by atoms with Crippen LogP contribution in [0.4, 0.5) is 5.82 Å². The van der Waals surface area contributed by atoms with Crippen molar-refractivity contribution in [1.29, 1.82) is 0 Å². The lowest BCUT2D eigenvalue weighted by Crippen LogP contribution is -2.28. The number of benzene rings is 1. The molecule has 1 saturated heterocycles. The van der Waals surface area contributed by atoms with Crippen LogP contribution in [0.15, 0.2) is 24.4 Å². The molecule has 2 N–H and O–H groups in total. The lowest BCUT2D eigenvalue weighted by Gasteiger charge is -2.24. The molecule has 3 rings (SSSR count). The Hall–Kier alpha value is -2.21. The van der Waals surface area contributed by atoms with Gasteiger partial charge in [-0.15, -0.1) is 0 Å². The maximum absolute atomic E-state index is 6.08. The predicted octanol–water partition coefficient (Wildman–Crippen LogP) is 2.24. The van der Waals surface area contributed by atoms with Gasteiger partial charge in [-0.05, 0) is 18.9 Å². The SMILES string of the molecule is COc1c(OC2CCCOC2)cccc1-c1cnn(C)c1N. The van der Waals surface area contributed by atoms with Crippen molar-refractivity contribution in [3.8, 4) is 22.6 Å². The van der Waals surface area contributed by atoms with Gasteiger partial charge in [0.2, 0.25) is 0 Å². The summed E-state index contributed by atoms with van der Waals surface area (Å²) in [4.78, 5) is 0. The average molecular weight is 303 g/mol. The Morgan fingerprint density at radius 2 is 2.23 bits per heavy atom. The van der Waals surface area contributed by atoms with Crippen LogP contribution in [0, 0.1) is 0 Å². The van der Waals surface area contributed by atoms with Gasteiger partial charge in [-0.25, -0.2) is 0 Å². The zero-order valence-corrected chi connectivity index (χ0v) is 12.9. The van der Waals surface area contributed by atoms with Crippen LogP contribution in [0.25, 0.3) is 11.1 Å². The number of hydrogen-bond donors (Lipinski definition) is 1. The molecule has 0 radical (unpaired) electrons. The second-order valence-corrected chi connectivity index (χ2v) is 5.36. The summed E-state index contributed by atoms with van der Waals surface area (Å²) < 4.78 is 18.7. The topological polar surface area (TPSA) is 71.5 Å². The molecular formula is C16H21N3O3. The smallest absolute Gasteiger partial charge is 0.168 e. The van der Waals surface area contributed by atoms with E-state index in [4.69, 9.17) is 19.9 Å². The fourth-order valence-electron chi connectivity index (χ4n) is 2.67. The Morgan fingerprint density at radius 3 is 2.86 bits per heavy atom. The lowest BCUT2D eigenvalue weighted by molar-refractivity contribution is 0.00648. The Kier molecular flexibility index (Phi) is 4.20. The van der Waals surface area contributed by atoms with E-state index in [1.54, 1.807) is 18.0 Å². The summed E-state index contributed by atoms with van der Waals surface area (Å²) in [6.45, 7) is 1.42. The first-order valence-corrected chi connectivity index (χ1v) is 7.40. The second-order valence-electron chi connectivity index (χ2n) is 5.36. The molecule has 1 aliphatic rings. The van der Waals surface area contributed by atoms with Crippen molar-refractivity contribution in [3.63, 3.8) is 0 Å². The summed E-state index contributed by atoms with van der Waals surface area (Å²) in [6, 6.07) is 5.79. The molecule has 0 amide bonds. The van der Waals surface area contributed by atoms with Crippen LogP contribution < -0.4 is 15.2 Å². The molecule has 2 heterocycles. The number of rotatable bonds is 4. The van der Waals surface area contributed by atoms with Crippen molar-refractivity contribution in [1.82, 2.24) is 9.78 Å². The third kappa shape index (κ3) is 2.74. The summed E-state index contributed by atoms with van der Waals surface area (Å²) >= 11 is 0. The van der Waals surface area contributed by atoms with E-state index in [0.29, 0.717) is 23.9 Å². The maximum Gasteiger partial charge on any atom is 0.168 e. The first-order valence-electron chi connectivity index (χ1n) is 7.40. The quantitative estimate of drug-likeness (QED) is 0.938. The highest BCUT2D eigenvalue weighted by molar-refractivity contribution is 5.80. The summed E-state index contributed by atoms with van der Waals surface area (Å²) in [7, 11) is 3.45. The highest BCUT2D eigenvalue weighted by atomic mass is 16.5. The van der Waals surface area contributed by atoms with Crippen LogP contribution in [-0.4, -0.2) is 36.2 Å². The third-order valence-electron chi connectivity index (χ3n) is 3.87. The molecule has 2 aromatic rings. The molecule has 118 valence electrons. The van der Waals surface area contributed by atoms with Gasteiger partial charge >= 0.3 is 0 Å².